The van der Waals surface area contributed by atoms with Crippen LogP contribution in [0.3, 0.4) is 0 Å². The summed E-state index contributed by atoms with van der Waals surface area (Å²) in [5.74, 6) is 0.596. The molecule has 8 heteroatoms. The predicted octanol–water partition coefficient (Wildman–Crippen LogP) is 2.95. The average molecular weight is 409 g/mol. The molecule has 0 atom stereocenters. The van der Waals surface area contributed by atoms with Crippen LogP contribution >= 0.6 is 0 Å². The lowest BCUT2D eigenvalue weighted by atomic mass is 10.1. The van der Waals surface area contributed by atoms with Crippen LogP contribution in [0.1, 0.15) is 16.2 Å². The minimum Gasteiger partial charge on any atom is -0.351 e. The van der Waals surface area contributed by atoms with Crippen molar-refractivity contribution in [1.82, 2.24) is 34.7 Å². The van der Waals surface area contributed by atoms with E-state index < -0.39 is 0 Å². The third kappa shape index (κ3) is 3.78. The highest BCUT2D eigenvalue weighted by molar-refractivity contribution is 5.99. The van der Waals surface area contributed by atoms with E-state index in [9.17, 15) is 4.79 Å². The van der Waals surface area contributed by atoms with Crippen molar-refractivity contribution in [3.8, 4) is 16.9 Å². The molecular formula is C23H19N7O. The van der Waals surface area contributed by atoms with Crippen LogP contribution < -0.4 is 5.32 Å². The molecule has 1 aromatic carbocycles. The van der Waals surface area contributed by atoms with E-state index in [1.165, 1.54) is 0 Å². The zero-order chi connectivity index (χ0) is 21.0. The molecule has 0 saturated carbocycles. The van der Waals surface area contributed by atoms with Crippen molar-refractivity contribution in [3.63, 3.8) is 0 Å². The first-order chi connectivity index (χ1) is 15.3. The van der Waals surface area contributed by atoms with Gasteiger partial charge in [-0.2, -0.15) is 5.10 Å². The molecule has 8 nitrogen and oxygen atoms in total. The quantitative estimate of drug-likeness (QED) is 0.466. The summed E-state index contributed by atoms with van der Waals surface area (Å²) in [4.78, 5) is 17.2. The summed E-state index contributed by atoms with van der Waals surface area (Å²) in [7, 11) is 0. The Labute approximate surface area is 178 Å². The highest BCUT2D eigenvalue weighted by Gasteiger charge is 2.19. The van der Waals surface area contributed by atoms with Crippen LogP contribution in [0.5, 0.6) is 0 Å². The number of fused-ring (bicyclic) bond motifs is 1. The van der Waals surface area contributed by atoms with Gasteiger partial charge in [0.1, 0.15) is 11.5 Å². The summed E-state index contributed by atoms with van der Waals surface area (Å²) in [5, 5.41) is 16.0. The Morgan fingerprint density at radius 3 is 2.68 bits per heavy atom. The van der Waals surface area contributed by atoms with Crippen molar-refractivity contribution in [2.75, 3.05) is 6.54 Å². The molecule has 152 valence electrons. The maximum Gasteiger partial charge on any atom is 0.255 e. The maximum absolute atomic E-state index is 13.0. The van der Waals surface area contributed by atoms with E-state index in [4.69, 9.17) is 0 Å². The number of nitrogens with one attached hydrogen (secondary N) is 1. The van der Waals surface area contributed by atoms with E-state index in [0.717, 1.165) is 22.7 Å². The van der Waals surface area contributed by atoms with Crippen LogP contribution in [-0.2, 0) is 6.42 Å². The number of carbonyl (C=O) groups excluding carboxylic acids is 1. The monoisotopic (exact) mass is 409 g/mol. The highest BCUT2D eigenvalue weighted by atomic mass is 16.1. The lowest BCUT2D eigenvalue weighted by Gasteiger charge is -2.05. The number of nitrogens with zero attached hydrogens (tertiary/aromatic N) is 6. The molecule has 0 radical (unpaired) electrons. The number of hydrogen-bond donors (Lipinski definition) is 1. The molecule has 0 aliphatic carbocycles. The zero-order valence-corrected chi connectivity index (χ0v) is 16.6. The smallest absolute Gasteiger partial charge is 0.255 e. The molecule has 4 aromatic heterocycles. The number of aromatic nitrogens is 6. The van der Waals surface area contributed by atoms with Gasteiger partial charge in [-0.05, 0) is 36.4 Å². The van der Waals surface area contributed by atoms with Gasteiger partial charge < -0.3 is 5.32 Å². The van der Waals surface area contributed by atoms with Crippen LogP contribution in [-0.4, -0.2) is 41.8 Å². The molecule has 0 aliphatic heterocycles. The number of amides is 1. The van der Waals surface area contributed by atoms with Gasteiger partial charge in [0, 0.05) is 43.3 Å². The van der Waals surface area contributed by atoms with Gasteiger partial charge in [0.15, 0.2) is 5.65 Å². The fourth-order valence-electron chi connectivity index (χ4n) is 3.41. The summed E-state index contributed by atoms with van der Waals surface area (Å²) < 4.78 is 3.63. The molecule has 0 saturated heterocycles. The number of hydrogen-bond acceptors (Lipinski definition) is 5. The Morgan fingerprint density at radius 1 is 0.968 bits per heavy atom. The highest BCUT2D eigenvalue weighted by Crippen LogP contribution is 2.23. The molecule has 1 N–H and O–H groups in total. The van der Waals surface area contributed by atoms with Crippen molar-refractivity contribution < 1.29 is 4.79 Å². The first-order valence-electron chi connectivity index (χ1n) is 9.92. The molecule has 0 fully saturated rings. The Morgan fingerprint density at radius 2 is 1.84 bits per heavy atom. The molecule has 0 unspecified atom stereocenters. The SMILES string of the molecule is O=C(NCCc1nnc2ccccn12)c1cn(-c2ccccc2)nc1-c1cccnc1. The topological polar surface area (TPSA) is 90.0 Å². The Hall–Kier alpha value is -4.33. The second kappa shape index (κ2) is 8.19. The van der Waals surface area contributed by atoms with E-state index in [-0.39, 0.29) is 5.91 Å². The van der Waals surface area contributed by atoms with Gasteiger partial charge in [-0.1, -0.05) is 24.3 Å². The van der Waals surface area contributed by atoms with Crippen LogP contribution in [0.4, 0.5) is 0 Å². The second-order valence-electron chi connectivity index (χ2n) is 6.96. The Kier molecular flexibility index (Phi) is 4.94. The molecule has 0 aliphatic rings. The molecule has 0 spiro atoms. The van der Waals surface area contributed by atoms with Crippen molar-refractivity contribution >= 4 is 11.6 Å². The maximum atomic E-state index is 13.0. The van der Waals surface area contributed by atoms with Crippen LogP contribution in [0, 0.1) is 0 Å². The zero-order valence-electron chi connectivity index (χ0n) is 16.6. The van der Waals surface area contributed by atoms with Crippen molar-refractivity contribution in [2.24, 2.45) is 0 Å². The first-order valence-corrected chi connectivity index (χ1v) is 9.92. The van der Waals surface area contributed by atoms with Gasteiger partial charge in [-0.15, -0.1) is 10.2 Å². The third-order valence-electron chi connectivity index (χ3n) is 4.93. The van der Waals surface area contributed by atoms with E-state index in [2.05, 4.69) is 25.6 Å². The van der Waals surface area contributed by atoms with Crippen molar-refractivity contribution in [3.05, 3.63) is 96.8 Å². The largest absolute Gasteiger partial charge is 0.351 e. The summed E-state index contributed by atoms with van der Waals surface area (Å²) in [6, 6.07) is 19.2. The van der Waals surface area contributed by atoms with Gasteiger partial charge in [0.2, 0.25) is 0 Å². The fourth-order valence-corrected chi connectivity index (χ4v) is 3.41. The van der Waals surface area contributed by atoms with Crippen LogP contribution in [0.15, 0.2) is 85.5 Å². The summed E-state index contributed by atoms with van der Waals surface area (Å²) in [6.45, 7) is 0.428. The predicted molar refractivity (Wildman–Crippen MR) is 116 cm³/mol. The van der Waals surface area contributed by atoms with Crippen LogP contribution in [0.25, 0.3) is 22.6 Å². The average Bonchev–Trinajstić information content (AvgIpc) is 3.45. The molecule has 1 amide bonds. The second-order valence-corrected chi connectivity index (χ2v) is 6.96. The summed E-state index contributed by atoms with van der Waals surface area (Å²) in [6.07, 6.45) is 7.62. The molecule has 5 aromatic rings. The van der Waals surface area contributed by atoms with Gasteiger partial charge in [-0.25, -0.2) is 4.68 Å². The number of carbonyl (C=O) groups is 1. The molecule has 0 bridgehead atoms. The van der Waals surface area contributed by atoms with Gasteiger partial charge in [0.05, 0.1) is 11.3 Å². The van der Waals surface area contributed by atoms with Gasteiger partial charge in [-0.3, -0.25) is 14.2 Å². The Balaban J connectivity index is 1.39. The molecule has 31 heavy (non-hydrogen) atoms. The standard InChI is InChI=1S/C23H19N7O/c31-23(25-13-11-21-27-26-20-10-4-5-14-29(20)21)19-16-30(18-8-2-1-3-9-18)28-22(19)17-7-6-12-24-15-17/h1-10,12,14-16H,11,13H2,(H,25,31). The van der Waals surface area contributed by atoms with Crippen LogP contribution in [0.2, 0.25) is 0 Å². The minimum absolute atomic E-state index is 0.199. The number of benzene rings is 1. The lowest BCUT2D eigenvalue weighted by Crippen LogP contribution is -2.26. The minimum atomic E-state index is -0.199. The van der Waals surface area contributed by atoms with E-state index in [1.807, 2.05) is 71.3 Å². The molecule has 5 rings (SSSR count). The molecule has 4 heterocycles. The lowest BCUT2D eigenvalue weighted by molar-refractivity contribution is 0.0954. The number of para-hydroxylation sites is 1. The normalized spacial score (nSPS) is 11.0. The third-order valence-corrected chi connectivity index (χ3v) is 4.93. The number of pyridine rings is 2. The summed E-state index contributed by atoms with van der Waals surface area (Å²) >= 11 is 0. The fraction of sp³-hybridized carbons (Fsp3) is 0.0870. The van der Waals surface area contributed by atoms with Gasteiger partial charge >= 0.3 is 0 Å². The molecular weight excluding hydrogens is 390 g/mol. The van der Waals surface area contributed by atoms with Crippen molar-refractivity contribution in [2.45, 2.75) is 6.42 Å². The van der Waals surface area contributed by atoms with Crippen molar-refractivity contribution in [1.29, 1.82) is 0 Å². The Bertz CT molecular complexity index is 1330. The van der Waals surface area contributed by atoms with Gasteiger partial charge in [0.25, 0.3) is 5.91 Å². The van der Waals surface area contributed by atoms with E-state index >= 15 is 0 Å². The number of rotatable bonds is 6. The van der Waals surface area contributed by atoms with E-state index in [1.54, 1.807) is 23.3 Å². The first kappa shape index (κ1) is 18.7. The summed E-state index contributed by atoms with van der Waals surface area (Å²) in [5.41, 5.74) is 3.52. The van der Waals surface area contributed by atoms with E-state index in [0.29, 0.717) is 24.2 Å².